The Hall–Kier alpha value is -1.40. The zero-order chi connectivity index (χ0) is 12.6. The first-order valence-electron chi connectivity index (χ1n) is 4.60. The number of hydrogen-bond donors (Lipinski definition) is 1. The van der Waals surface area contributed by atoms with Crippen LogP contribution in [0.5, 0.6) is 0 Å². The largest absolute Gasteiger partial charge is 0.478 e. The number of hydrogen-bond acceptors (Lipinski definition) is 3. The quantitative estimate of drug-likeness (QED) is 0.865. The predicted octanol–water partition coefficient (Wildman–Crippen LogP) is 2.69. The first-order valence-corrected chi connectivity index (χ1v) is 5.77. The Labute approximate surface area is 110 Å². The van der Waals surface area contributed by atoms with Crippen molar-refractivity contribution in [3.05, 3.63) is 39.3 Å². The number of halogens is 2. The van der Waals surface area contributed by atoms with E-state index < -0.39 is 5.97 Å². The molecule has 0 amide bonds. The van der Waals surface area contributed by atoms with Crippen LogP contribution in [0.1, 0.15) is 16.1 Å². The Morgan fingerprint density at radius 3 is 2.82 bits per heavy atom. The summed E-state index contributed by atoms with van der Waals surface area (Å²) < 4.78 is 2.19. The van der Waals surface area contributed by atoms with Crippen molar-refractivity contribution in [2.45, 2.75) is 6.92 Å². The van der Waals surface area contributed by atoms with Crippen LogP contribution in [0.15, 0.2) is 22.9 Å². The van der Waals surface area contributed by atoms with Crippen molar-refractivity contribution in [2.24, 2.45) is 0 Å². The van der Waals surface area contributed by atoms with Gasteiger partial charge in [-0.2, -0.15) is 5.10 Å². The van der Waals surface area contributed by atoms with E-state index in [2.05, 4.69) is 26.0 Å². The molecule has 0 atom stereocenters. The van der Waals surface area contributed by atoms with Crippen LogP contribution in [-0.4, -0.2) is 25.8 Å². The van der Waals surface area contributed by atoms with Crippen molar-refractivity contribution in [3.63, 3.8) is 0 Å². The molecule has 2 heterocycles. The highest BCUT2D eigenvalue weighted by Crippen LogP contribution is 2.23. The van der Waals surface area contributed by atoms with E-state index in [1.165, 1.54) is 10.9 Å². The number of carbonyl (C=O) groups is 1. The van der Waals surface area contributed by atoms with Crippen molar-refractivity contribution in [2.75, 3.05) is 0 Å². The molecule has 0 aromatic carbocycles. The fourth-order valence-corrected chi connectivity index (χ4v) is 1.93. The van der Waals surface area contributed by atoms with E-state index in [9.17, 15) is 4.79 Å². The van der Waals surface area contributed by atoms with Crippen LogP contribution in [0.4, 0.5) is 0 Å². The molecule has 0 aliphatic carbocycles. The topological polar surface area (TPSA) is 68.0 Å². The maximum atomic E-state index is 10.9. The highest BCUT2D eigenvalue weighted by Gasteiger charge is 2.16. The molecule has 1 N–H and O–H groups in total. The van der Waals surface area contributed by atoms with Crippen LogP contribution in [0.3, 0.4) is 0 Å². The average molecular weight is 317 g/mol. The summed E-state index contributed by atoms with van der Waals surface area (Å²) in [7, 11) is 0. The number of aromatic carboxylic acids is 1. The first kappa shape index (κ1) is 12.1. The van der Waals surface area contributed by atoms with Crippen molar-refractivity contribution in [3.8, 4) is 5.69 Å². The molecule has 0 fully saturated rings. The zero-order valence-electron chi connectivity index (χ0n) is 8.69. The summed E-state index contributed by atoms with van der Waals surface area (Å²) in [5.41, 5.74) is 1.17. The Morgan fingerprint density at radius 1 is 1.53 bits per heavy atom. The van der Waals surface area contributed by atoms with Gasteiger partial charge >= 0.3 is 5.97 Å². The predicted molar refractivity (Wildman–Crippen MR) is 65.8 cm³/mol. The summed E-state index contributed by atoms with van der Waals surface area (Å²) in [6, 6.07) is 1.72. The van der Waals surface area contributed by atoms with Gasteiger partial charge in [0.1, 0.15) is 11.3 Å². The molecule has 0 saturated carbocycles. The Kier molecular flexibility index (Phi) is 3.17. The third-order valence-corrected chi connectivity index (χ3v) is 2.98. The SMILES string of the molecule is Cc1c(C(=O)O)cnn1-c1cc(Br)cnc1Cl. The standard InChI is InChI=1S/C10H7BrClN3O2/c1-5-7(10(16)17)4-14-15(5)8-2-6(11)3-13-9(8)12/h2-4H,1H3,(H,16,17). The maximum Gasteiger partial charge on any atom is 0.339 e. The first-order chi connectivity index (χ1) is 8.00. The van der Waals surface area contributed by atoms with Crippen LogP contribution >= 0.6 is 27.5 Å². The molecular formula is C10H7BrClN3O2. The summed E-state index contributed by atoms with van der Waals surface area (Å²) >= 11 is 9.23. The van der Waals surface area contributed by atoms with Crippen molar-refractivity contribution in [1.29, 1.82) is 0 Å². The number of carboxylic acids is 1. The average Bonchev–Trinajstić information content (AvgIpc) is 2.64. The Bertz CT molecular complexity index is 597. The number of aromatic nitrogens is 3. The van der Waals surface area contributed by atoms with E-state index >= 15 is 0 Å². The Balaban J connectivity index is 2.61. The van der Waals surface area contributed by atoms with Gasteiger partial charge < -0.3 is 5.11 Å². The molecule has 2 aromatic rings. The normalized spacial score (nSPS) is 10.5. The van der Waals surface area contributed by atoms with E-state index in [1.807, 2.05) is 0 Å². The van der Waals surface area contributed by atoms with E-state index in [0.29, 0.717) is 11.4 Å². The number of carboxylic acid groups (broad SMARTS) is 1. The maximum absolute atomic E-state index is 10.9. The monoisotopic (exact) mass is 315 g/mol. The van der Waals surface area contributed by atoms with E-state index in [0.717, 1.165) is 4.47 Å². The molecule has 2 aromatic heterocycles. The molecule has 0 aliphatic rings. The van der Waals surface area contributed by atoms with Gasteiger partial charge in [0.05, 0.1) is 11.9 Å². The van der Waals surface area contributed by atoms with Crippen LogP contribution < -0.4 is 0 Å². The lowest BCUT2D eigenvalue weighted by molar-refractivity contribution is 0.0696. The molecular weight excluding hydrogens is 309 g/mol. The van der Waals surface area contributed by atoms with Crippen molar-refractivity contribution >= 4 is 33.5 Å². The van der Waals surface area contributed by atoms with Crippen LogP contribution in [0, 0.1) is 6.92 Å². The van der Waals surface area contributed by atoms with Gasteiger partial charge in [-0.05, 0) is 28.9 Å². The number of rotatable bonds is 2. The van der Waals surface area contributed by atoms with Gasteiger partial charge in [0, 0.05) is 10.7 Å². The lowest BCUT2D eigenvalue weighted by Gasteiger charge is -2.06. The summed E-state index contributed by atoms with van der Waals surface area (Å²) in [6.45, 7) is 1.66. The molecule has 88 valence electrons. The lowest BCUT2D eigenvalue weighted by Crippen LogP contribution is -2.03. The van der Waals surface area contributed by atoms with Crippen LogP contribution in [-0.2, 0) is 0 Å². The molecule has 0 spiro atoms. The molecule has 2 rings (SSSR count). The number of pyridine rings is 1. The summed E-state index contributed by atoms with van der Waals surface area (Å²) in [5, 5.41) is 13.2. The molecule has 5 nitrogen and oxygen atoms in total. The van der Waals surface area contributed by atoms with Gasteiger partial charge in [-0.15, -0.1) is 0 Å². The van der Waals surface area contributed by atoms with Gasteiger partial charge in [-0.3, -0.25) is 0 Å². The molecule has 0 bridgehead atoms. The summed E-state index contributed by atoms with van der Waals surface area (Å²) in [4.78, 5) is 14.9. The second-order valence-corrected chi connectivity index (χ2v) is 4.60. The molecule has 0 unspecified atom stereocenters. The highest BCUT2D eigenvalue weighted by atomic mass is 79.9. The smallest absolute Gasteiger partial charge is 0.339 e. The van der Waals surface area contributed by atoms with Gasteiger partial charge in [-0.1, -0.05) is 11.6 Å². The second kappa shape index (κ2) is 4.46. The van der Waals surface area contributed by atoms with E-state index in [-0.39, 0.29) is 10.7 Å². The fraction of sp³-hybridized carbons (Fsp3) is 0.100. The van der Waals surface area contributed by atoms with Crippen molar-refractivity contribution < 1.29 is 9.90 Å². The minimum atomic E-state index is -1.02. The molecule has 0 radical (unpaired) electrons. The lowest BCUT2D eigenvalue weighted by atomic mass is 10.2. The van der Waals surface area contributed by atoms with Crippen molar-refractivity contribution in [1.82, 2.24) is 14.8 Å². The minimum Gasteiger partial charge on any atom is -0.478 e. The molecule has 17 heavy (non-hydrogen) atoms. The summed E-state index contributed by atoms with van der Waals surface area (Å²) in [6.07, 6.45) is 2.84. The molecule has 7 heteroatoms. The minimum absolute atomic E-state index is 0.140. The third kappa shape index (κ3) is 2.18. The molecule has 0 aliphatic heterocycles. The fourth-order valence-electron chi connectivity index (χ4n) is 1.42. The highest BCUT2D eigenvalue weighted by molar-refractivity contribution is 9.10. The van der Waals surface area contributed by atoms with Gasteiger partial charge in [0.25, 0.3) is 0 Å². The van der Waals surface area contributed by atoms with Gasteiger partial charge in [0.2, 0.25) is 0 Å². The van der Waals surface area contributed by atoms with Crippen LogP contribution in [0.25, 0.3) is 5.69 Å². The Morgan fingerprint density at radius 2 is 2.24 bits per heavy atom. The van der Waals surface area contributed by atoms with E-state index in [4.69, 9.17) is 16.7 Å². The van der Waals surface area contributed by atoms with Gasteiger partial charge in [0.15, 0.2) is 5.15 Å². The second-order valence-electron chi connectivity index (χ2n) is 3.32. The van der Waals surface area contributed by atoms with Gasteiger partial charge in [-0.25, -0.2) is 14.5 Å². The number of nitrogens with zero attached hydrogens (tertiary/aromatic N) is 3. The van der Waals surface area contributed by atoms with Crippen LogP contribution in [0.2, 0.25) is 5.15 Å². The van der Waals surface area contributed by atoms with E-state index in [1.54, 1.807) is 19.2 Å². The summed E-state index contributed by atoms with van der Waals surface area (Å²) in [5.74, 6) is -1.02. The molecule has 0 saturated heterocycles. The zero-order valence-corrected chi connectivity index (χ0v) is 11.0. The third-order valence-electron chi connectivity index (χ3n) is 2.26.